The van der Waals surface area contributed by atoms with Crippen LogP contribution < -0.4 is 15.4 Å². The van der Waals surface area contributed by atoms with Crippen LogP contribution in [0.1, 0.15) is 11.1 Å². The Bertz CT molecular complexity index is 1250. The number of methoxy groups -OCH3 is 1. The average Bonchev–Trinajstić information content (AvgIpc) is 2.87. The van der Waals surface area contributed by atoms with E-state index in [1.807, 2.05) is 67.6 Å². The van der Waals surface area contributed by atoms with Crippen molar-refractivity contribution in [2.45, 2.75) is 13.5 Å². The van der Waals surface area contributed by atoms with Crippen molar-refractivity contribution in [1.82, 2.24) is 15.0 Å². The highest BCUT2D eigenvalue weighted by Gasteiger charge is 2.08. The van der Waals surface area contributed by atoms with Crippen LogP contribution in [0, 0.1) is 6.92 Å². The van der Waals surface area contributed by atoms with E-state index in [9.17, 15) is 4.79 Å². The summed E-state index contributed by atoms with van der Waals surface area (Å²) < 4.78 is 10.7. The lowest BCUT2D eigenvalue weighted by Gasteiger charge is -2.12. The highest BCUT2D eigenvalue weighted by molar-refractivity contribution is 5.92. The number of carbonyl (C=O) groups is 1. The number of carbonyl (C=O) groups excluding carboxylic acids is 1. The zero-order chi connectivity index (χ0) is 23.8. The number of nitrogens with zero attached hydrogens (tertiary/aromatic N) is 3. The van der Waals surface area contributed by atoms with E-state index >= 15 is 0 Å². The normalized spacial score (nSPS) is 10.5. The van der Waals surface area contributed by atoms with Crippen molar-refractivity contribution >= 4 is 23.2 Å². The average molecular weight is 456 g/mol. The molecule has 2 heterocycles. The molecule has 8 heteroatoms. The second-order valence-corrected chi connectivity index (χ2v) is 7.55. The maximum atomic E-state index is 12.4. The van der Waals surface area contributed by atoms with Gasteiger partial charge in [-0.3, -0.25) is 9.78 Å². The molecule has 0 saturated carbocycles. The van der Waals surface area contributed by atoms with Crippen LogP contribution in [-0.2, 0) is 16.1 Å². The van der Waals surface area contributed by atoms with Gasteiger partial charge in [-0.25, -0.2) is 9.97 Å². The summed E-state index contributed by atoms with van der Waals surface area (Å²) in [6.45, 7) is 2.25. The van der Waals surface area contributed by atoms with Crippen molar-refractivity contribution in [3.8, 4) is 17.0 Å². The van der Waals surface area contributed by atoms with Gasteiger partial charge < -0.3 is 20.1 Å². The van der Waals surface area contributed by atoms with Gasteiger partial charge in [0.1, 0.15) is 12.4 Å². The van der Waals surface area contributed by atoms with E-state index in [1.54, 1.807) is 25.7 Å². The molecular weight excluding hydrogens is 430 g/mol. The smallest absolute Gasteiger partial charge is 0.250 e. The highest BCUT2D eigenvalue weighted by Crippen LogP contribution is 2.24. The van der Waals surface area contributed by atoms with Crippen LogP contribution in [0.2, 0.25) is 0 Å². The molecule has 2 aromatic heterocycles. The lowest BCUT2D eigenvalue weighted by atomic mass is 10.1. The molecule has 0 aliphatic rings. The van der Waals surface area contributed by atoms with Gasteiger partial charge in [-0.15, -0.1) is 0 Å². The highest BCUT2D eigenvalue weighted by atomic mass is 16.5. The van der Waals surface area contributed by atoms with Crippen molar-refractivity contribution in [3.63, 3.8) is 0 Å². The van der Waals surface area contributed by atoms with Gasteiger partial charge in [0.2, 0.25) is 11.9 Å². The molecule has 0 aliphatic carbocycles. The van der Waals surface area contributed by atoms with E-state index in [2.05, 4.69) is 25.6 Å². The molecule has 4 aromatic rings. The SMILES string of the molecule is COc1ccc(COCC(=O)Nc2ccc(C)c(Nc3nccc(-c4cccnc4)n3)c2)cc1. The number of hydrogen-bond donors (Lipinski definition) is 2. The minimum atomic E-state index is -0.238. The molecule has 0 bridgehead atoms. The summed E-state index contributed by atoms with van der Waals surface area (Å²) in [6, 6.07) is 18.8. The van der Waals surface area contributed by atoms with Crippen LogP contribution in [0.5, 0.6) is 5.75 Å². The standard InChI is InChI=1S/C26H25N5O3/c1-18-5-8-21(29-25(32)17-34-16-19-6-9-22(33-2)10-7-19)14-24(18)31-26-28-13-11-23(30-26)20-4-3-12-27-15-20/h3-15H,16-17H2,1-2H3,(H,29,32)(H,28,30,31). The first-order valence-electron chi connectivity index (χ1n) is 10.7. The number of amides is 1. The van der Waals surface area contributed by atoms with Crippen LogP contribution in [0.3, 0.4) is 0 Å². The number of nitrogens with one attached hydrogen (secondary N) is 2. The van der Waals surface area contributed by atoms with Gasteiger partial charge in [-0.2, -0.15) is 0 Å². The largest absolute Gasteiger partial charge is 0.497 e. The van der Waals surface area contributed by atoms with E-state index < -0.39 is 0 Å². The number of benzene rings is 2. The van der Waals surface area contributed by atoms with Gasteiger partial charge in [0.05, 0.1) is 19.4 Å². The van der Waals surface area contributed by atoms with Crippen LogP contribution in [0.4, 0.5) is 17.3 Å². The van der Waals surface area contributed by atoms with Gasteiger partial charge in [-0.1, -0.05) is 18.2 Å². The molecule has 2 aromatic carbocycles. The predicted octanol–water partition coefficient (Wildman–Crippen LogP) is 4.75. The summed E-state index contributed by atoms with van der Waals surface area (Å²) in [4.78, 5) is 25.4. The first-order valence-corrected chi connectivity index (χ1v) is 10.7. The van der Waals surface area contributed by atoms with Gasteiger partial charge in [0.15, 0.2) is 0 Å². The van der Waals surface area contributed by atoms with Crippen molar-refractivity contribution in [2.75, 3.05) is 24.4 Å². The maximum absolute atomic E-state index is 12.4. The molecule has 0 saturated heterocycles. The van der Waals surface area contributed by atoms with Gasteiger partial charge >= 0.3 is 0 Å². The summed E-state index contributed by atoms with van der Waals surface area (Å²) in [5.41, 5.74) is 5.06. The van der Waals surface area contributed by atoms with E-state index in [-0.39, 0.29) is 12.5 Å². The Morgan fingerprint density at radius 2 is 1.88 bits per heavy atom. The summed E-state index contributed by atoms with van der Waals surface area (Å²) >= 11 is 0. The predicted molar refractivity (Wildman–Crippen MR) is 131 cm³/mol. The van der Waals surface area contributed by atoms with Gasteiger partial charge in [-0.05, 0) is 60.5 Å². The minimum Gasteiger partial charge on any atom is -0.497 e. The fourth-order valence-corrected chi connectivity index (χ4v) is 3.23. The molecule has 0 radical (unpaired) electrons. The third-order valence-corrected chi connectivity index (χ3v) is 5.04. The summed E-state index contributed by atoms with van der Waals surface area (Å²) in [5.74, 6) is 0.994. The lowest BCUT2D eigenvalue weighted by Crippen LogP contribution is -2.18. The molecule has 0 unspecified atom stereocenters. The molecule has 8 nitrogen and oxygen atoms in total. The fraction of sp³-hybridized carbons (Fsp3) is 0.154. The summed E-state index contributed by atoms with van der Waals surface area (Å²) in [6.07, 6.45) is 5.17. The molecule has 2 N–H and O–H groups in total. The Morgan fingerprint density at radius 3 is 2.65 bits per heavy atom. The maximum Gasteiger partial charge on any atom is 0.250 e. The second-order valence-electron chi connectivity index (χ2n) is 7.55. The molecular formula is C26H25N5O3. The molecule has 34 heavy (non-hydrogen) atoms. The van der Waals surface area contributed by atoms with Crippen molar-refractivity contribution < 1.29 is 14.3 Å². The fourth-order valence-electron chi connectivity index (χ4n) is 3.23. The molecule has 1 amide bonds. The quantitative estimate of drug-likeness (QED) is 0.376. The lowest BCUT2D eigenvalue weighted by molar-refractivity contribution is -0.121. The second kappa shape index (κ2) is 11.0. The van der Waals surface area contributed by atoms with Gasteiger partial charge in [0.25, 0.3) is 0 Å². The monoisotopic (exact) mass is 455 g/mol. The van der Waals surface area contributed by atoms with Crippen molar-refractivity contribution in [3.05, 3.63) is 90.4 Å². The minimum absolute atomic E-state index is 0.0566. The van der Waals surface area contributed by atoms with Gasteiger partial charge in [0, 0.05) is 35.5 Å². The zero-order valence-electron chi connectivity index (χ0n) is 19.0. The Morgan fingerprint density at radius 1 is 1.03 bits per heavy atom. The first-order chi connectivity index (χ1) is 16.6. The molecule has 0 fully saturated rings. The first kappa shape index (κ1) is 22.9. The molecule has 0 atom stereocenters. The number of aryl methyl sites for hydroxylation is 1. The molecule has 0 aliphatic heterocycles. The Hall–Kier alpha value is -4.30. The number of aromatic nitrogens is 3. The van der Waals surface area contributed by atoms with E-state index in [1.165, 1.54) is 0 Å². The number of rotatable bonds is 9. The van der Waals surface area contributed by atoms with E-state index in [0.29, 0.717) is 18.2 Å². The number of ether oxygens (including phenoxy) is 2. The number of hydrogen-bond acceptors (Lipinski definition) is 7. The zero-order valence-corrected chi connectivity index (χ0v) is 19.0. The molecule has 4 rings (SSSR count). The number of anilines is 3. The van der Waals surface area contributed by atoms with Crippen molar-refractivity contribution in [1.29, 1.82) is 0 Å². The van der Waals surface area contributed by atoms with E-state index in [0.717, 1.165) is 33.8 Å². The Kier molecular flexibility index (Phi) is 7.42. The van der Waals surface area contributed by atoms with E-state index in [4.69, 9.17) is 9.47 Å². The van der Waals surface area contributed by atoms with Crippen LogP contribution >= 0.6 is 0 Å². The molecule has 0 spiro atoms. The van der Waals surface area contributed by atoms with Crippen molar-refractivity contribution in [2.24, 2.45) is 0 Å². The summed E-state index contributed by atoms with van der Waals surface area (Å²) in [5, 5.41) is 6.10. The Balaban J connectivity index is 1.36. The Labute approximate surface area is 198 Å². The van der Waals surface area contributed by atoms with Crippen LogP contribution in [-0.4, -0.2) is 34.6 Å². The van der Waals surface area contributed by atoms with Crippen LogP contribution in [0.25, 0.3) is 11.3 Å². The van der Waals surface area contributed by atoms with Crippen LogP contribution in [0.15, 0.2) is 79.3 Å². The number of pyridine rings is 1. The molecule has 172 valence electrons. The third-order valence-electron chi connectivity index (χ3n) is 5.04. The summed E-state index contributed by atoms with van der Waals surface area (Å²) in [7, 11) is 1.62. The topological polar surface area (TPSA) is 98.3 Å². The third kappa shape index (κ3) is 6.14.